The van der Waals surface area contributed by atoms with Gasteiger partial charge in [0.1, 0.15) is 5.76 Å². The van der Waals surface area contributed by atoms with E-state index in [4.69, 9.17) is 9.52 Å². The number of rotatable bonds is 1. The summed E-state index contributed by atoms with van der Waals surface area (Å²) in [5.41, 5.74) is 0.209. The number of benzene rings is 1. The Bertz CT molecular complexity index is 512. The van der Waals surface area contributed by atoms with E-state index in [1.807, 2.05) is 0 Å². The minimum Gasteiger partial charge on any atom is -0.475 e. The van der Waals surface area contributed by atoms with Crippen LogP contribution in [0.25, 0.3) is 11.3 Å². The molecule has 1 heterocycles. The highest BCUT2D eigenvalue weighted by Gasteiger charge is 2.11. The van der Waals surface area contributed by atoms with Crippen LogP contribution < -0.4 is 5.43 Å². The van der Waals surface area contributed by atoms with E-state index in [2.05, 4.69) is 0 Å². The number of carboxylic acid groups (broad SMARTS) is 1. The van der Waals surface area contributed by atoms with Gasteiger partial charge in [0.15, 0.2) is 5.43 Å². The highest BCUT2D eigenvalue weighted by molar-refractivity contribution is 5.85. The summed E-state index contributed by atoms with van der Waals surface area (Å²) in [6, 6.07) is 7.21. The second-order valence-electron chi connectivity index (χ2n) is 2.77. The zero-order valence-corrected chi connectivity index (χ0v) is 7.06. The number of carboxylic acids is 1. The van der Waals surface area contributed by atoms with Crippen molar-refractivity contribution in [1.29, 1.82) is 0 Å². The third kappa shape index (κ3) is 1.26. The lowest BCUT2D eigenvalue weighted by Crippen LogP contribution is -2.05. The van der Waals surface area contributed by atoms with E-state index in [0.29, 0.717) is 5.56 Å². The van der Waals surface area contributed by atoms with E-state index in [1.165, 1.54) is 24.3 Å². The van der Waals surface area contributed by atoms with E-state index in [0.717, 1.165) is 0 Å². The molecule has 70 valence electrons. The van der Waals surface area contributed by atoms with E-state index >= 15 is 0 Å². The molecule has 0 amide bonds. The molecular formula is C10H6O4. The van der Waals surface area contributed by atoms with Crippen molar-refractivity contribution in [2.45, 2.75) is 0 Å². The standard InChI is InChI=1S/C10H6O4/c11-7-2-1-3-8-6(7)4-5-9(14-8)10(12)13/h1-5H,(H,12,13). The zero-order valence-electron chi connectivity index (χ0n) is 7.06. The minimum atomic E-state index is -1.15. The average molecular weight is 190 g/mol. The van der Waals surface area contributed by atoms with Crippen LogP contribution in [0, 0.1) is 0 Å². The van der Waals surface area contributed by atoms with Crippen LogP contribution in [0.4, 0.5) is 0 Å². The van der Waals surface area contributed by atoms with Gasteiger partial charge in [-0.1, -0.05) is 6.07 Å². The molecule has 1 N–H and O–H groups in total. The number of hydrogen-bond donors (Lipinski definition) is 1. The fourth-order valence-electron chi connectivity index (χ4n) is 1.20. The number of carbonyl (C=O) groups is 1. The van der Waals surface area contributed by atoms with Crippen LogP contribution in [-0.4, -0.2) is 11.1 Å². The average Bonchev–Trinajstić information content (AvgIpc) is 2.17. The monoisotopic (exact) mass is 190 g/mol. The maximum Gasteiger partial charge on any atom is 0.371 e. The lowest BCUT2D eigenvalue weighted by atomic mass is 10.1. The molecule has 0 saturated heterocycles. The third-order valence-electron chi connectivity index (χ3n) is 1.86. The Labute approximate surface area is 78.8 Å². The van der Waals surface area contributed by atoms with Gasteiger partial charge < -0.3 is 9.52 Å². The molecule has 4 heteroatoms. The lowest BCUT2D eigenvalue weighted by molar-refractivity contribution is 0.0661. The van der Waals surface area contributed by atoms with Crippen molar-refractivity contribution in [3.63, 3.8) is 0 Å². The molecule has 4 nitrogen and oxygen atoms in total. The summed E-state index contributed by atoms with van der Waals surface area (Å²) in [5.74, 6) is -1.04. The number of aromatic carboxylic acids is 1. The maximum absolute atomic E-state index is 11.3. The molecule has 1 aliphatic carbocycles. The summed E-state index contributed by atoms with van der Waals surface area (Å²) in [7, 11) is 0. The fourth-order valence-corrected chi connectivity index (χ4v) is 1.20. The molecule has 0 bridgehead atoms. The van der Waals surface area contributed by atoms with Crippen molar-refractivity contribution >= 4 is 5.97 Å². The highest BCUT2D eigenvalue weighted by atomic mass is 16.4. The second-order valence-corrected chi connectivity index (χ2v) is 2.77. The van der Waals surface area contributed by atoms with Crippen molar-refractivity contribution in [2.75, 3.05) is 0 Å². The van der Waals surface area contributed by atoms with Crippen LogP contribution in [0.1, 0.15) is 10.6 Å². The van der Waals surface area contributed by atoms with Crippen molar-refractivity contribution in [3.05, 3.63) is 46.3 Å². The van der Waals surface area contributed by atoms with Crippen LogP contribution in [0.5, 0.6) is 0 Å². The van der Waals surface area contributed by atoms with Gasteiger partial charge in [0.2, 0.25) is 5.76 Å². The van der Waals surface area contributed by atoms with Gasteiger partial charge >= 0.3 is 5.97 Å². The molecule has 0 atom stereocenters. The van der Waals surface area contributed by atoms with E-state index in [-0.39, 0.29) is 16.9 Å². The number of hydrogen-bond acceptors (Lipinski definition) is 3. The van der Waals surface area contributed by atoms with Gasteiger partial charge in [0.25, 0.3) is 0 Å². The van der Waals surface area contributed by atoms with Crippen molar-refractivity contribution in [1.82, 2.24) is 0 Å². The molecule has 14 heavy (non-hydrogen) atoms. The van der Waals surface area contributed by atoms with Crippen molar-refractivity contribution < 1.29 is 14.3 Å². The molecule has 0 aromatic heterocycles. The summed E-state index contributed by atoms with van der Waals surface area (Å²) >= 11 is 0. The Morgan fingerprint density at radius 3 is 2.71 bits per heavy atom. The molecule has 0 spiro atoms. The molecule has 0 saturated carbocycles. The van der Waals surface area contributed by atoms with Crippen LogP contribution in [-0.2, 0) is 0 Å². The van der Waals surface area contributed by atoms with E-state index in [9.17, 15) is 9.59 Å². The van der Waals surface area contributed by atoms with E-state index < -0.39 is 5.97 Å². The Hall–Kier alpha value is -2.10. The molecule has 2 aliphatic rings. The minimum absolute atomic E-state index is 0.178. The first-order chi connectivity index (χ1) is 6.68. The Morgan fingerprint density at radius 2 is 2.00 bits per heavy atom. The first kappa shape index (κ1) is 8.50. The van der Waals surface area contributed by atoms with Crippen LogP contribution >= 0.6 is 0 Å². The smallest absolute Gasteiger partial charge is 0.371 e. The van der Waals surface area contributed by atoms with Gasteiger partial charge in [0, 0.05) is 0 Å². The molecule has 0 radical (unpaired) electrons. The maximum atomic E-state index is 11.3. The van der Waals surface area contributed by atoms with Gasteiger partial charge in [-0.3, -0.25) is 4.79 Å². The normalized spacial score (nSPS) is 10.3. The molecule has 0 aromatic carbocycles. The van der Waals surface area contributed by atoms with Crippen LogP contribution in [0.3, 0.4) is 0 Å². The van der Waals surface area contributed by atoms with E-state index in [1.54, 1.807) is 6.07 Å². The molecule has 1 aliphatic heterocycles. The van der Waals surface area contributed by atoms with Gasteiger partial charge in [-0.25, -0.2) is 4.79 Å². The second kappa shape index (κ2) is 2.99. The summed E-state index contributed by atoms with van der Waals surface area (Å²) in [6.45, 7) is 0. The van der Waals surface area contributed by atoms with Gasteiger partial charge in [-0.15, -0.1) is 0 Å². The predicted octanol–water partition coefficient (Wildman–Crippen LogP) is 1.44. The molecule has 0 fully saturated rings. The van der Waals surface area contributed by atoms with Gasteiger partial charge in [0.05, 0.1) is 5.56 Å². The Morgan fingerprint density at radius 1 is 1.21 bits per heavy atom. The topological polar surface area (TPSA) is 67.5 Å². The van der Waals surface area contributed by atoms with Crippen molar-refractivity contribution in [2.24, 2.45) is 0 Å². The van der Waals surface area contributed by atoms with Gasteiger partial charge in [-0.2, -0.15) is 0 Å². The quantitative estimate of drug-likeness (QED) is 0.738. The van der Waals surface area contributed by atoms with Crippen molar-refractivity contribution in [3.8, 4) is 11.3 Å². The van der Waals surface area contributed by atoms with Crippen LogP contribution in [0.2, 0.25) is 0 Å². The SMILES string of the molecule is O=C(O)c1ccc2c(=O)cccc-2o1. The van der Waals surface area contributed by atoms with Gasteiger partial charge in [-0.05, 0) is 24.3 Å². The molecule has 0 aromatic rings. The first-order valence-corrected chi connectivity index (χ1v) is 3.94. The molecular weight excluding hydrogens is 184 g/mol. The Kier molecular flexibility index (Phi) is 1.81. The lowest BCUT2D eigenvalue weighted by Gasteiger charge is -2.02. The summed E-state index contributed by atoms with van der Waals surface area (Å²) in [5, 5.41) is 8.64. The first-order valence-electron chi connectivity index (χ1n) is 3.94. The number of fused-ring (bicyclic) bond motifs is 1. The third-order valence-corrected chi connectivity index (χ3v) is 1.86. The summed E-state index contributed by atoms with van der Waals surface area (Å²) in [6.07, 6.45) is 0. The summed E-state index contributed by atoms with van der Waals surface area (Å²) < 4.78 is 5.00. The largest absolute Gasteiger partial charge is 0.475 e. The predicted molar refractivity (Wildman–Crippen MR) is 48.6 cm³/mol. The van der Waals surface area contributed by atoms with Crippen LogP contribution in [0.15, 0.2) is 39.5 Å². The molecule has 0 unspecified atom stereocenters. The highest BCUT2D eigenvalue weighted by Crippen LogP contribution is 2.18. The summed E-state index contributed by atoms with van der Waals surface area (Å²) in [4.78, 5) is 21.8. The molecule has 2 rings (SSSR count). The Balaban J connectivity index is 2.74. The zero-order chi connectivity index (χ0) is 10.1. The fraction of sp³-hybridized carbons (Fsp3) is 0.